The smallest absolute Gasteiger partial charge is 0.337 e. The maximum atomic E-state index is 11.2. The third-order valence-electron chi connectivity index (χ3n) is 2.88. The topological polar surface area (TPSA) is 47.6 Å². The quantitative estimate of drug-likeness (QED) is 0.800. The number of methoxy groups -OCH3 is 1. The van der Waals surface area contributed by atoms with Gasteiger partial charge in [0.15, 0.2) is 0 Å². The molecule has 1 saturated heterocycles. The second-order valence-electron chi connectivity index (χ2n) is 4.11. The Kier molecular flexibility index (Phi) is 4.12. The Bertz CT molecular complexity index is 369. The first-order chi connectivity index (χ1) is 8.29. The number of hydrogen-bond donors (Lipinski definition) is 1. The van der Waals surface area contributed by atoms with Crippen molar-refractivity contribution in [1.82, 2.24) is 5.32 Å². The highest BCUT2D eigenvalue weighted by Crippen LogP contribution is 2.10. The average molecular weight is 235 g/mol. The Morgan fingerprint density at radius 3 is 2.76 bits per heavy atom. The lowest BCUT2D eigenvalue weighted by molar-refractivity contribution is 0.0540. The molecule has 1 atom stereocenters. The van der Waals surface area contributed by atoms with Gasteiger partial charge in [-0.15, -0.1) is 0 Å². The van der Waals surface area contributed by atoms with E-state index in [-0.39, 0.29) is 5.97 Å². The molecule has 0 spiro atoms. The standard InChI is InChI=1S/C13H17NO3/c1-16-13(15)11-4-2-10(3-5-11)9-17-12-6-7-14-8-12/h2-5,12,14H,6-9H2,1H3. The van der Waals surface area contributed by atoms with Crippen LogP contribution >= 0.6 is 0 Å². The minimum absolute atomic E-state index is 0.308. The molecule has 1 unspecified atom stereocenters. The molecule has 1 fully saturated rings. The van der Waals surface area contributed by atoms with Crippen molar-refractivity contribution in [3.05, 3.63) is 35.4 Å². The molecule has 2 rings (SSSR count). The molecule has 0 bridgehead atoms. The summed E-state index contributed by atoms with van der Waals surface area (Å²) in [6, 6.07) is 7.32. The van der Waals surface area contributed by atoms with E-state index >= 15 is 0 Å². The summed E-state index contributed by atoms with van der Waals surface area (Å²) in [7, 11) is 1.38. The summed E-state index contributed by atoms with van der Waals surface area (Å²) in [5.74, 6) is -0.308. The molecule has 1 aliphatic heterocycles. The molecule has 0 aromatic heterocycles. The summed E-state index contributed by atoms with van der Waals surface area (Å²) < 4.78 is 10.4. The van der Waals surface area contributed by atoms with Crippen molar-refractivity contribution in [3.8, 4) is 0 Å². The van der Waals surface area contributed by atoms with Crippen LogP contribution in [0.5, 0.6) is 0 Å². The number of carbonyl (C=O) groups is 1. The first kappa shape index (κ1) is 12.1. The highest BCUT2D eigenvalue weighted by atomic mass is 16.5. The lowest BCUT2D eigenvalue weighted by Crippen LogP contribution is -2.16. The minimum Gasteiger partial charge on any atom is -0.465 e. The monoisotopic (exact) mass is 235 g/mol. The fraction of sp³-hybridized carbons (Fsp3) is 0.462. The van der Waals surface area contributed by atoms with Gasteiger partial charge in [0, 0.05) is 6.54 Å². The van der Waals surface area contributed by atoms with E-state index in [0.717, 1.165) is 25.1 Å². The van der Waals surface area contributed by atoms with Gasteiger partial charge in [-0.2, -0.15) is 0 Å². The van der Waals surface area contributed by atoms with Gasteiger partial charge in [0.2, 0.25) is 0 Å². The predicted molar refractivity (Wildman–Crippen MR) is 63.8 cm³/mol. The molecule has 4 nitrogen and oxygen atoms in total. The molecule has 1 aromatic rings. The first-order valence-electron chi connectivity index (χ1n) is 5.79. The van der Waals surface area contributed by atoms with Crippen molar-refractivity contribution in [1.29, 1.82) is 0 Å². The third kappa shape index (κ3) is 3.28. The van der Waals surface area contributed by atoms with Crippen LogP contribution in [0.1, 0.15) is 22.3 Å². The fourth-order valence-corrected chi connectivity index (χ4v) is 1.84. The SMILES string of the molecule is COC(=O)c1ccc(COC2CCNC2)cc1. The van der Waals surface area contributed by atoms with E-state index in [9.17, 15) is 4.79 Å². The molecule has 1 N–H and O–H groups in total. The average Bonchev–Trinajstić information content (AvgIpc) is 2.89. The summed E-state index contributed by atoms with van der Waals surface area (Å²) >= 11 is 0. The largest absolute Gasteiger partial charge is 0.465 e. The normalized spacial score (nSPS) is 19.2. The molecule has 1 aliphatic rings. The van der Waals surface area contributed by atoms with Crippen LogP contribution in [0.2, 0.25) is 0 Å². The minimum atomic E-state index is -0.308. The molecular weight excluding hydrogens is 218 g/mol. The Labute approximate surface area is 101 Å². The second-order valence-corrected chi connectivity index (χ2v) is 4.11. The van der Waals surface area contributed by atoms with Gasteiger partial charge < -0.3 is 14.8 Å². The summed E-state index contributed by atoms with van der Waals surface area (Å²) in [6.45, 7) is 2.56. The van der Waals surface area contributed by atoms with Crippen molar-refractivity contribution in [2.75, 3.05) is 20.2 Å². The van der Waals surface area contributed by atoms with Crippen LogP contribution < -0.4 is 5.32 Å². The van der Waals surface area contributed by atoms with Crippen LogP contribution in [0, 0.1) is 0 Å². The van der Waals surface area contributed by atoms with Crippen molar-refractivity contribution in [3.63, 3.8) is 0 Å². The molecular formula is C13H17NO3. The van der Waals surface area contributed by atoms with E-state index in [0.29, 0.717) is 18.3 Å². The number of benzene rings is 1. The van der Waals surface area contributed by atoms with Crippen LogP contribution in [-0.4, -0.2) is 32.3 Å². The Morgan fingerprint density at radius 1 is 1.41 bits per heavy atom. The lowest BCUT2D eigenvalue weighted by atomic mass is 10.1. The number of ether oxygens (including phenoxy) is 2. The van der Waals surface area contributed by atoms with Gasteiger partial charge in [0.05, 0.1) is 25.4 Å². The summed E-state index contributed by atoms with van der Waals surface area (Å²) in [4.78, 5) is 11.2. The molecule has 4 heteroatoms. The summed E-state index contributed by atoms with van der Waals surface area (Å²) in [5, 5.41) is 3.25. The van der Waals surface area contributed by atoms with Crippen molar-refractivity contribution in [2.45, 2.75) is 19.1 Å². The van der Waals surface area contributed by atoms with E-state index < -0.39 is 0 Å². The molecule has 0 radical (unpaired) electrons. The highest BCUT2D eigenvalue weighted by molar-refractivity contribution is 5.89. The molecule has 0 aliphatic carbocycles. The van der Waals surface area contributed by atoms with E-state index in [1.807, 2.05) is 12.1 Å². The summed E-state index contributed by atoms with van der Waals surface area (Å²) in [6.07, 6.45) is 1.38. The second kappa shape index (κ2) is 5.80. The number of nitrogens with one attached hydrogen (secondary N) is 1. The van der Waals surface area contributed by atoms with Gasteiger partial charge in [-0.3, -0.25) is 0 Å². The zero-order valence-corrected chi connectivity index (χ0v) is 9.94. The molecule has 0 saturated carbocycles. The fourth-order valence-electron chi connectivity index (χ4n) is 1.84. The molecule has 1 aromatic carbocycles. The highest BCUT2D eigenvalue weighted by Gasteiger charge is 2.14. The van der Waals surface area contributed by atoms with Gasteiger partial charge in [-0.1, -0.05) is 12.1 Å². The number of rotatable bonds is 4. The number of hydrogen-bond acceptors (Lipinski definition) is 4. The van der Waals surface area contributed by atoms with Crippen LogP contribution in [-0.2, 0) is 16.1 Å². The van der Waals surface area contributed by atoms with Crippen LogP contribution in [0.4, 0.5) is 0 Å². The molecule has 17 heavy (non-hydrogen) atoms. The Morgan fingerprint density at radius 2 is 2.18 bits per heavy atom. The Balaban J connectivity index is 1.87. The summed E-state index contributed by atoms with van der Waals surface area (Å²) in [5.41, 5.74) is 1.64. The van der Waals surface area contributed by atoms with Crippen LogP contribution in [0.25, 0.3) is 0 Å². The molecule has 1 heterocycles. The van der Waals surface area contributed by atoms with Gasteiger partial charge in [-0.25, -0.2) is 4.79 Å². The molecule has 92 valence electrons. The van der Waals surface area contributed by atoms with E-state index in [1.54, 1.807) is 12.1 Å². The van der Waals surface area contributed by atoms with Crippen LogP contribution in [0.3, 0.4) is 0 Å². The first-order valence-corrected chi connectivity index (χ1v) is 5.79. The number of carbonyl (C=O) groups excluding carboxylic acids is 1. The predicted octanol–water partition coefficient (Wildman–Crippen LogP) is 1.35. The van der Waals surface area contributed by atoms with Gasteiger partial charge in [0.25, 0.3) is 0 Å². The van der Waals surface area contributed by atoms with Crippen LogP contribution in [0.15, 0.2) is 24.3 Å². The number of esters is 1. The zero-order valence-electron chi connectivity index (χ0n) is 9.94. The maximum Gasteiger partial charge on any atom is 0.337 e. The lowest BCUT2D eigenvalue weighted by Gasteiger charge is -2.10. The van der Waals surface area contributed by atoms with Gasteiger partial charge in [-0.05, 0) is 30.7 Å². The maximum absolute atomic E-state index is 11.2. The van der Waals surface area contributed by atoms with E-state index in [4.69, 9.17) is 4.74 Å². The zero-order chi connectivity index (χ0) is 12.1. The van der Waals surface area contributed by atoms with Crippen molar-refractivity contribution in [2.24, 2.45) is 0 Å². The Hall–Kier alpha value is -1.39. The van der Waals surface area contributed by atoms with Crippen molar-refractivity contribution < 1.29 is 14.3 Å². The van der Waals surface area contributed by atoms with Gasteiger partial charge in [0.1, 0.15) is 0 Å². The van der Waals surface area contributed by atoms with Gasteiger partial charge >= 0.3 is 5.97 Å². The van der Waals surface area contributed by atoms with Crippen molar-refractivity contribution >= 4 is 5.97 Å². The van der Waals surface area contributed by atoms with E-state index in [1.165, 1.54) is 7.11 Å². The van der Waals surface area contributed by atoms with E-state index in [2.05, 4.69) is 10.1 Å². The molecule has 0 amide bonds. The third-order valence-corrected chi connectivity index (χ3v) is 2.88.